The number of hydrogen-bond acceptors (Lipinski definition) is 2. The molecule has 0 aromatic heterocycles. The molecule has 1 fully saturated rings. The SMILES string of the molecule is CC(C)Cc1ccc(C2CC2(CN)CO)cc1. The van der Waals surface area contributed by atoms with Gasteiger partial charge in [-0.2, -0.15) is 0 Å². The highest BCUT2D eigenvalue weighted by atomic mass is 16.3. The Morgan fingerprint density at radius 2 is 2.00 bits per heavy atom. The van der Waals surface area contributed by atoms with Crippen LogP contribution in [0.1, 0.15) is 37.3 Å². The van der Waals surface area contributed by atoms with Crippen LogP contribution in [-0.2, 0) is 6.42 Å². The van der Waals surface area contributed by atoms with Crippen LogP contribution in [0.4, 0.5) is 0 Å². The van der Waals surface area contributed by atoms with Crippen LogP contribution < -0.4 is 5.73 Å². The Morgan fingerprint density at radius 1 is 1.35 bits per heavy atom. The molecule has 1 aromatic carbocycles. The lowest BCUT2D eigenvalue weighted by Crippen LogP contribution is -2.21. The Kier molecular flexibility index (Phi) is 3.55. The molecule has 2 nitrogen and oxygen atoms in total. The molecule has 0 bridgehead atoms. The lowest BCUT2D eigenvalue weighted by Gasteiger charge is -2.12. The normalized spacial score (nSPS) is 27.5. The molecule has 0 spiro atoms. The van der Waals surface area contributed by atoms with Gasteiger partial charge in [-0.15, -0.1) is 0 Å². The second kappa shape index (κ2) is 4.79. The molecular weight excluding hydrogens is 210 g/mol. The van der Waals surface area contributed by atoms with Crippen LogP contribution in [0.3, 0.4) is 0 Å². The molecule has 1 aliphatic rings. The summed E-state index contributed by atoms with van der Waals surface area (Å²) in [5.41, 5.74) is 8.44. The van der Waals surface area contributed by atoms with Crippen molar-refractivity contribution in [1.82, 2.24) is 0 Å². The van der Waals surface area contributed by atoms with Crippen LogP contribution in [0.25, 0.3) is 0 Å². The van der Waals surface area contributed by atoms with Gasteiger partial charge in [-0.3, -0.25) is 0 Å². The fourth-order valence-electron chi connectivity index (χ4n) is 2.64. The molecule has 17 heavy (non-hydrogen) atoms. The summed E-state index contributed by atoms with van der Waals surface area (Å²) in [7, 11) is 0. The third kappa shape index (κ3) is 2.53. The van der Waals surface area contributed by atoms with Crippen molar-refractivity contribution in [2.45, 2.75) is 32.6 Å². The minimum absolute atomic E-state index is 0.0282. The van der Waals surface area contributed by atoms with E-state index in [2.05, 4.69) is 38.1 Å². The maximum Gasteiger partial charge on any atom is 0.0505 e. The van der Waals surface area contributed by atoms with Crippen molar-refractivity contribution in [2.24, 2.45) is 17.1 Å². The average molecular weight is 233 g/mol. The van der Waals surface area contributed by atoms with Gasteiger partial charge in [-0.25, -0.2) is 0 Å². The summed E-state index contributed by atoms with van der Waals surface area (Å²) in [6.45, 7) is 5.27. The maximum atomic E-state index is 9.38. The number of hydrogen-bond donors (Lipinski definition) is 2. The summed E-state index contributed by atoms with van der Waals surface area (Å²) in [6.07, 6.45) is 2.16. The van der Waals surface area contributed by atoms with E-state index in [-0.39, 0.29) is 12.0 Å². The molecule has 2 rings (SSSR count). The second-order valence-corrected chi connectivity index (χ2v) is 5.82. The van der Waals surface area contributed by atoms with Gasteiger partial charge < -0.3 is 10.8 Å². The number of aliphatic hydroxyl groups excluding tert-OH is 1. The Balaban J connectivity index is 2.05. The fourth-order valence-corrected chi connectivity index (χ4v) is 2.64. The van der Waals surface area contributed by atoms with Crippen molar-refractivity contribution in [3.63, 3.8) is 0 Å². The molecular formula is C15H23NO. The smallest absolute Gasteiger partial charge is 0.0505 e. The quantitative estimate of drug-likeness (QED) is 0.820. The molecule has 2 heteroatoms. The Morgan fingerprint density at radius 3 is 2.41 bits per heavy atom. The first-order valence-electron chi connectivity index (χ1n) is 6.51. The summed E-state index contributed by atoms with van der Waals surface area (Å²) >= 11 is 0. The van der Waals surface area contributed by atoms with Crippen molar-refractivity contribution < 1.29 is 5.11 Å². The third-order valence-corrected chi connectivity index (χ3v) is 3.94. The summed E-state index contributed by atoms with van der Waals surface area (Å²) < 4.78 is 0. The van der Waals surface area contributed by atoms with Crippen LogP contribution >= 0.6 is 0 Å². The molecule has 0 saturated heterocycles. The van der Waals surface area contributed by atoms with E-state index in [1.807, 2.05) is 0 Å². The zero-order valence-electron chi connectivity index (χ0n) is 10.8. The molecule has 0 radical (unpaired) electrons. The van der Waals surface area contributed by atoms with Crippen molar-refractivity contribution in [3.05, 3.63) is 35.4 Å². The van der Waals surface area contributed by atoms with Crippen molar-refractivity contribution in [2.75, 3.05) is 13.2 Å². The average Bonchev–Trinajstić information content (AvgIpc) is 3.05. The van der Waals surface area contributed by atoms with E-state index in [1.165, 1.54) is 11.1 Å². The van der Waals surface area contributed by atoms with Gasteiger partial charge in [-0.05, 0) is 35.8 Å². The fraction of sp³-hybridized carbons (Fsp3) is 0.600. The van der Waals surface area contributed by atoms with Crippen LogP contribution in [0, 0.1) is 11.3 Å². The minimum atomic E-state index is -0.0282. The number of aliphatic hydroxyl groups is 1. The first kappa shape index (κ1) is 12.6. The molecule has 94 valence electrons. The molecule has 0 amide bonds. The molecule has 3 N–H and O–H groups in total. The maximum absolute atomic E-state index is 9.38. The minimum Gasteiger partial charge on any atom is -0.396 e. The molecule has 1 aliphatic carbocycles. The molecule has 1 aromatic rings. The predicted molar refractivity (Wildman–Crippen MR) is 70.9 cm³/mol. The zero-order valence-corrected chi connectivity index (χ0v) is 10.8. The standard InChI is InChI=1S/C15H23NO/c1-11(2)7-12-3-5-13(6-4-12)14-8-15(14,9-16)10-17/h3-6,11,14,17H,7-10,16H2,1-2H3. The van der Waals surface area contributed by atoms with Gasteiger partial charge in [0, 0.05) is 12.0 Å². The van der Waals surface area contributed by atoms with E-state index in [0.29, 0.717) is 18.4 Å². The lowest BCUT2D eigenvalue weighted by molar-refractivity contribution is 0.211. The van der Waals surface area contributed by atoms with Gasteiger partial charge in [0.15, 0.2) is 0 Å². The monoisotopic (exact) mass is 233 g/mol. The molecule has 2 atom stereocenters. The molecule has 0 aliphatic heterocycles. The molecule has 1 saturated carbocycles. The second-order valence-electron chi connectivity index (χ2n) is 5.82. The summed E-state index contributed by atoms with van der Waals surface area (Å²) in [5, 5.41) is 9.38. The van der Waals surface area contributed by atoms with Crippen molar-refractivity contribution >= 4 is 0 Å². The van der Waals surface area contributed by atoms with Crippen molar-refractivity contribution in [1.29, 1.82) is 0 Å². The highest BCUT2D eigenvalue weighted by Crippen LogP contribution is 2.58. The van der Waals surface area contributed by atoms with E-state index in [9.17, 15) is 5.11 Å². The van der Waals surface area contributed by atoms with E-state index in [4.69, 9.17) is 5.73 Å². The summed E-state index contributed by atoms with van der Waals surface area (Å²) in [5.74, 6) is 1.16. The number of rotatable bonds is 5. The largest absolute Gasteiger partial charge is 0.396 e. The highest BCUT2D eigenvalue weighted by molar-refractivity contribution is 5.33. The van der Waals surface area contributed by atoms with Gasteiger partial charge in [0.25, 0.3) is 0 Å². The molecule has 2 unspecified atom stereocenters. The van der Waals surface area contributed by atoms with Gasteiger partial charge in [0.1, 0.15) is 0 Å². The van der Waals surface area contributed by atoms with Crippen LogP contribution in [0.5, 0.6) is 0 Å². The van der Waals surface area contributed by atoms with Crippen LogP contribution in [0.2, 0.25) is 0 Å². The first-order valence-corrected chi connectivity index (χ1v) is 6.51. The highest BCUT2D eigenvalue weighted by Gasteiger charge is 2.53. The third-order valence-electron chi connectivity index (χ3n) is 3.94. The van der Waals surface area contributed by atoms with Gasteiger partial charge in [0.05, 0.1) is 6.61 Å². The first-order chi connectivity index (χ1) is 8.11. The summed E-state index contributed by atoms with van der Waals surface area (Å²) in [4.78, 5) is 0. The van der Waals surface area contributed by atoms with Gasteiger partial charge in [0.2, 0.25) is 0 Å². The Bertz CT molecular complexity index is 365. The van der Waals surface area contributed by atoms with Crippen LogP contribution in [0.15, 0.2) is 24.3 Å². The van der Waals surface area contributed by atoms with E-state index >= 15 is 0 Å². The Labute approximate surface area is 104 Å². The van der Waals surface area contributed by atoms with E-state index < -0.39 is 0 Å². The predicted octanol–water partition coefficient (Wildman–Crippen LogP) is 2.31. The lowest BCUT2D eigenvalue weighted by atomic mass is 9.97. The number of nitrogens with two attached hydrogens (primary N) is 1. The Hall–Kier alpha value is -0.860. The van der Waals surface area contributed by atoms with Gasteiger partial charge >= 0.3 is 0 Å². The summed E-state index contributed by atoms with van der Waals surface area (Å²) in [6, 6.07) is 8.84. The van der Waals surface area contributed by atoms with Crippen LogP contribution in [-0.4, -0.2) is 18.3 Å². The van der Waals surface area contributed by atoms with Crippen molar-refractivity contribution in [3.8, 4) is 0 Å². The zero-order chi connectivity index (χ0) is 12.5. The number of benzene rings is 1. The molecule has 0 heterocycles. The van der Waals surface area contributed by atoms with E-state index in [1.54, 1.807) is 0 Å². The van der Waals surface area contributed by atoms with Gasteiger partial charge in [-0.1, -0.05) is 38.1 Å². The topological polar surface area (TPSA) is 46.2 Å². The van der Waals surface area contributed by atoms with E-state index in [0.717, 1.165) is 12.8 Å².